The van der Waals surface area contributed by atoms with Crippen LogP contribution in [0.1, 0.15) is 24.5 Å². The molecular formula is C24H26N4O2. The van der Waals surface area contributed by atoms with Gasteiger partial charge in [0.25, 0.3) is 0 Å². The second-order valence-corrected chi connectivity index (χ2v) is 8.10. The molecule has 154 valence electrons. The number of ether oxygens (including phenoxy) is 2. The zero-order valence-corrected chi connectivity index (χ0v) is 17.1. The van der Waals surface area contributed by atoms with Gasteiger partial charge in [0.05, 0.1) is 18.7 Å². The summed E-state index contributed by atoms with van der Waals surface area (Å²) in [5.74, 6) is 2.00. The van der Waals surface area contributed by atoms with E-state index in [1.807, 2.05) is 24.4 Å². The summed E-state index contributed by atoms with van der Waals surface area (Å²) in [5, 5.41) is 1.04. The Bertz CT molecular complexity index is 1040. The van der Waals surface area contributed by atoms with Crippen molar-refractivity contribution in [1.29, 1.82) is 0 Å². The number of fused-ring (bicyclic) bond motifs is 4. The van der Waals surface area contributed by atoms with Gasteiger partial charge in [0.1, 0.15) is 11.9 Å². The van der Waals surface area contributed by atoms with Crippen molar-refractivity contribution in [3.05, 3.63) is 67.1 Å². The Morgan fingerprint density at radius 1 is 1.17 bits per heavy atom. The van der Waals surface area contributed by atoms with Gasteiger partial charge in [-0.3, -0.25) is 9.88 Å². The van der Waals surface area contributed by atoms with Crippen LogP contribution in [0, 0.1) is 11.8 Å². The topological polar surface area (TPSA) is 60.4 Å². The summed E-state index contributed by atoms with van der Waals surface area (Å²) in [4.78, 5) is 15.8. The van der Waals surface area contributed by atoms with E-state index < -0.39 is 0 Å². The number of benzene rings is 1. The summed E-state index contributed by atoms with van der Waals surface area (Å²) in [6.45, 7) is 6.17. The van der Waals surface area contributed by atoms with E-state index in [-0.39, 0.29) is 12.1 Å². The molecule has 0 saturated carbocycles. The average molecular weight is 402 g/mol. The molecule has 5 atom stereocenters. The first kappa shape index (κ1) is 19.0. The third-order valence-corrected chi connectivity index (χ3v) is 6.57. The van der Waals surface area contributed by atoms with Gasteiger partial charge in [-0.15, -0.1) is 6.58 Å². The van der Waals surface area contributed by atoms with Gasteiger partial charge < -0.3 is 9.47 Å². The molecule has 0 aliphatic carbocycles. The Kier molecular flexibility index (Phi) is 5.09. The lowest BCUT2D eigenvalue weighted by atomic mass is 9.73. The number of aromatic nitrogens is 3. The predicted molar refractivity (Wildman–Crippen MR) is 115 cm³/mol. The number of hydrogen-bond donors (Lipinski definition) is 0. The molecule has 6 heteroatoms. The third kappa shape index (κ3) is 3.41. The molecule has 2 bridgehead atoms. The maximum atomic E-state index is 6.48. The molecule has 0 amide bonds. The summed E-state index contributed by atoms with van der Waals surface area (Å²) in [5.41, 5.74) is 2.02. The van der Waals surface area contributed by atoms with Gasteiger partial charge in [-0.2, -0.15) is 0 Å². The third-order valence-electron chi connectivity index (χ3n) is 6.57. The number of nitrogens with zero attached hydrogens (tertiary/aromatic N) is 4. The Morgan fingerprint density at radius 3 is 2.77 bits per heavy atom. The highest BCUT2D eigenvalue weighted by molar-refractivity contribution is 5.84. The molecule has 1 aromatic carbocycles. The zero-order chi connectivity index (χ0) is 20.5. The lowest BCUT2D eigenvalue weighted by Crippen LogP contribution is -2.55. The number of rotatable bonds is 6. The summed E-state index contributed by atoms with van der Waals surface area (Å²) in [6.07, 6.45) is 9.50. The van der Waals surface area contributed by atoms with Gasteiger partial charge in [-0.25, -0.2) is 9.97 Å². The maximum Gasteiger partial charge on any atom is 0.316 e. The Hall–Kier alpha value is -2.99. The molecule has 30 heavy (non-hydrogen) atoms. The van der Waals surface area contributed by atoms with Crippen molar-refractivity contribution in [3.8, 4) is 11.8 Å². The van der Waals surface area contributed by atoms with Crippen molar-refractivity contribution in [2.45, 2.75) is 25.0 Å². The van der Waals surface area contributed by atoms with Crippen molar-refractivity contribution in [1.82, 2.24) is 19.9 Å². The van der Waals surface area contributed by atoms with Gasteiger partial charge >= 0.3 is 6.01 Å². The number of pyridine rings is 1. The van der Waals surface area contributed by atoms with Crippen LogP contribution in [-0.2, 0) is 0 Å². The normalized spacial score (nSPS) is 26.3. The molecule has 3 aliphatic heterocycles. The van der Waals surface area contributed by atoms with E-state index in [1.165, 1.54) is 6.42 Å². The van der Waals surface area contributed by atoms with E-state index >= 15 is 0 Å². The molecule has 6 nitrogen and oxygen atoms in total. The molecule has 3 aromatic rings. The van der Waals surface area contributed by atoms with Crippen LogP contribution in [0.3, 0.4) is 0 Å². The molecule has 0 N–H and O–H groups in total. The molecule has 0 spiro atoms. The number of hydrogen-bond acceptors (Lipinski definition) is 6. The molecule has 5 heterocycles. The summed E-state index contributed by atoms with van der Waals surface area (Å²) >= 11 is 0. The van der Waals surface area contributed by atoms with Crippen LogP contribution in [0.5, 0.6) is 11.8 Å². The summed E-state index contributed by atoms with van der Waals surface area (Å²) in [7, 11) is 1.68. The second kappa shape index (κ2) is 8.03. The minimum atomic E-state index is -0.196. The van der Waals surface area contributed by atoms with E-state index in [1.54, 1.807) is 25.6 Å². The van der Waals surface area contributed by atoms with Gasteiger partial charge in [-0.1, -0.05) is 6.08 Å². The monoisotopic (exact) mass is 402 g/mol. The van der Waals surface area contributed by atoms with Crippen LogP contribution in [0.4, 0.5) is 0 Å². The quantitative estimate of drug-likeness (QED) is 0.580. The first-order valence-electron chi connectivity index (χ1n) is 10.5. The Morgan fingerprint density at radius 2 is 2.03 bits per heavy atom. The molecule has 3 aliphatic rings. The van der Waals surface area contributed by atoms with Gasteiger partial charge in [-0.05, 0) is 61.6 Å². The molecular weight excluding hydrogens is 376 g/mol. The highest BCUT2D eigenvalue weighted by Crippen LogP contribution is 2.43. The smallest absolute Gasteiger partial charge is 0.316 e. The van der Waals surface area contributed by atoms with Crippen molar-refractivity contribution in [3.63, 3.8) is 0 Å². The largest absolute Gasteiger partial charge is 0.497 e. The lowest BCUT2D eigenvalue weighted by molar-refractivity contribution is -0.0381. The molecule has 0 radical (unpaired) electrons. The van der Waals surface area contributed by atoms with Crippen LogP contribution >= 0.6 is 0 Å². The standard InChI is InChI=1S/C24H26N4O2/c1-3-16-15-28-12-8-17(16)13-22(28)23(30-24-26-9-4-10-27-24)19-7-11-25-21-6-5-18(29-2)14-20(19)21/h3-7,9-11,14,16-17,22-23H,1,8,12-13,15H2,2H3/t16-,17-,22+,23-/m0/s1. The molecule has 2 aromatic heterocycles. The van der Waals surface area contributed by atoms with Crippen LogP contribution in [0.25, 0.3) is 10.9 Å². The number of piperidine rings is 3. The van der Waals surface area contributed by atoms with Crippen LogP contribution < -0.4 is 9.47 Å². The van der Waals surface area contributed by atoms with Gasteiger partial charge in [0.15, 0.2) is 0 Å². The zero-order valence-electron chi connectivity index (χ0n) is 17.1. The molecule has 6 rings (SSSR count). The van der Waals surface area contributed by atoms with E-state index in [9.17, 15) is 0 Å². The van der Waals surface area contributed by atoms with Gasteiger partial charge in [0, 0.05) is 36.1 Å². The predicted octanol–water partition coefficient (Wildman–Crippen LogP) is 4.05. The SMILES string of the molecule is C=C[C@H]1CN2CC[C@H]1C[C@@H]2[C@@H](Oc1ncccn1)c1ccnc2ccc(OC)cc12. The summed E-state index contributed by atoms with van der Waals surface area (Å²) in [6, 6.07) is 10.5. The highest BCUT2D eigenvalue weighted by atomic mass is 16.5. The average Bonchev–Trinajstić information content (AvgIpc) is 2.82. The first-order chi connectivity index (χ1) is 14.8. The van der Waals surface area contributed by atoms with Crippen molar-refractivity contribution < 1.29 is 9.47 Å². The van der Waals surface area contributed by atoms with Crippen molar-refractivity contribution in [2.24, 2.45) is 11.8 Å². The van der Waals surface area contributed by atoms with E-state index in [0.717, 1.165) is 41.7 Å². The minimum Gasteiger partial charge on any atom is -0.497 e. The molecule has 3 fully saturated rings. The molecule has 3 saturated heterocycles. The van der Waals surface area contributed by atoms with Crippen molar-refractivity contribution >= 4 is 10.9 Å². The van der Waals surface area contributed by atoms with Crippen LogP contribution in [0.2, 0.25) is 0 Å². The van der Waals surface area contributed by atoms with E-state index in [4.69, 9.17) is 9.47 Å². The Labute approximate surface area is 176 Å². The van der Waals surface area contributed by atoms with Crippen LogP contribution in [-0.4, -0.2) is 46.1 Å². The van der Waals surface area contributed by atoms with E-state index in [0.29, 0.717) is 17.8 Å². The van der Waals surface area contributed by atoms with Crippen LogP contribution in [0.15, 0.2) is 61.6 Å². The number of methoxy groups -OCH3 is 1. The fourth-order valence-electron chi connectivity index (χ4n) is 5.02. The minimum absolute atomic E-state index is 0.196. The van der Waals surface area contributed by atoms with E-state index in [2.05, 4.69) is 38.6 Å². The molecule has 1 unspecified atom stereocenters. The summed E-state index contributed by atoms with van der Waals surface area (Å²) < 4.78 is 12.0. The maximum absolute atomic E-state index is 6.48. The lowest BCUT2D eigenvalue weighted by Gasteiger charge is -2.51. The second-order valence-electron chi connectivity index (χ2n) is 8.10. The Balaban J connectivity index is 1.59. The highest BCUT2D eigenvalue weighted by Gasteiger charge is 2.44. The first-order valence-corrected chi connectivity index (χ1v) is 10.5. The van der Waals surface area contributed by atoms with Crippen molar-refractivity contribution in [2.75, 3.05) is 20.2 Å². The van der Waals surface area contributed by atoms with Gasteiger partial charge in [0.2, 0.25) is 0 Å². The fraction of sp³-hybridized carbons (Fsp3) is 0.375. The fourth-order valence-corrected chi connectivity index (χ4v) is 5.02.